The Labute approximate surface area is 209 Å². The Balaban J connectivity index is 1.47. The Hall–Kier alpha value is -3.46. The number of nitrogens with one attached hydrogen (secondary N) is 1. The van der Waals surface area contributed by atoms with E-state index in [2.05, 4.69) is 15.6 Å². The molecule has 0 atom stereocenters. The molecule has 0 radical (unpaired) electrons. The highest BCUT2D eigenvalue weighted by Crippen LogP contribution is 2.32. The minimum atomic E-state index is -0.385. The number of anilines is 1. The van der Waals surface area contributed by atoms with Crippen LogP contribution in [0.5, 0.6) is 0 Å². The van der Waals surface area contributed by atoms with Crippen molar-refractivity contribution >= 4 is 46.3 Å². The molecule has 5 rings (SSSR count). The molecule has 2 aromatic carbocycles. The third-order valence-corrected chi connectivity index (χ3v) is 6.50. The Kier molecular flexibility index (Phi) is 5.95. The number of benzene rings is 2. The van der Waals surface area contributed by atoms with Crippen LogP contribution < -0.4 is 5.32 Å². The van der Waals surface area contributed by atoms with E-state index in [4.69, 9.17) is 32.7 Å². The highest BCUT2D eigenvalue weighted by Gasteiger charge is 2.24. The third-order valence-electron chi connectivity index (χ3n) is 5.11. The minimum Gasteiger partial charge on any atom is -0.360 e. The van der Waals surface area contributed by atoms with Gasteiger partial charge in [-0.2, -0.15) is 9.78 Å². The van der Waals surface area contributed by atoms with Gasteiger partial charge in [-0.1, -0.05) is 58.7 Å². The predicted molar refractivity (Wildman–Crippen MR) is 134 cm³/mol. The maximum absolute atomic E-state index is 13.3. The van der Waals surface area contributed by atoms with Crippen molar-refractivity contribution in [2.24, 2.45) is 0 Å². The number of amides is 1. The van der Waals surface area contributed by atoms with Crippen LogP contribution in [-0.4, -0.2) is 25.8 Å². The standard InChI is InChI=1S/C24H17Cl2N5O2S/c1-13-11-20(31(29-13)24-27-19(12-34-24)15-7-9-16(25)10-8-15)28-23(32)21-14(2)33-30-22(21)17-5-3-4-6-18(17)26/h3-12H,1-2H3,(H,28,32). The summed E-state index contributed by atoms with van der Waals surface area (Å²) >= 11 is 13.7. The molecule has 7 nitrogen and oxygen atoms in total. The van der Waals surface area contributed by atoms with Gasteiger partial charge in [0.1, 0.15) is 22.8 Å². The van der Waals surface area contributed by atoms with Gasteiger partial charge in [-0.25, -0.2) is 4.98 Å². The molecule has 3 aromatic heterocycles. The van der Waals surface area contributed by atoms with E-state index >= 15 is 0 Å². The third kappa shape index (κ3) is 4.23. The second-order valence-electron chi connectivity index (χ2n) is 7.50. The van der Waals surface area contributed by atoms with Gasteiger partial charge in [0.05, 0.1) is 16.4 Å². The van der Waals surface area contributed by atoms with Gasteiger partial charge >= 0.3 is 0 Å². The summed E-state index contributed by atoms with van der Waals surface area (Å²) in [6, 6.07) is 16.4. The predicted octanol–water partition coefficient (Wildman–Crippen LogP) is 6.83. The molecule has 0 unspecified atom stereocenters. The number of nitrogens with zero attached hydrogens (tertiary/aromatic N) is 4. The summed E-state index contributed by atoms with van der Waals surface area (Å²) in [5, 5.41) is 15.2. The van der Waals surface area contributed by atoms with E-state index in [1.165, 1.54) is 11.3 Å². The summed E-state index contributed by atoms with van der Waals surface area (Å²) in [6.07, 6.45) is 0. The van der Waals surface area contributed by atoms with Crippen molar-refractivity contribution in [2.75, 3.05) is 5.32 Å². The summed E-state index contributed by atoms with van der Waals surface area (Å²) in [5.41, 5.74) is 3.75. The zero-order chi connectivity index (χ0) is 23.8. The molecule has 0 fully saturated rings. The lowest BCUT2D eigenvalue weighted by Crippen LogP contribution is -2.16. The van der Waals surface area contributed by atoms with Crippen LogP contribution >= 0.6 is 34.5 Å². The SMILES string of the molecule is Cc1cc(NC(=O)c2c(-c3ccccc3Cl)noc2C)n(-c2nc(-c3ccc(Cl)cc3)cs2)n1. The van der Waals surface area contributed by atoms with E-state index in [1.807, 2.05) is 48.7 Å². The Morgan fingerprint density at radius 2 is 1.85 bits per heavy atom. The number of aromatic nitrogens is 4. The van der Waals surface area contributed by atoms with Gasteiger partial charge in [-0.05, 0) is 32.0 Å². The summed E-state index contributed by atoms with van der Waals surface area (Å²) in [5.74, 6) is 0.476. The summed E-state index contributed by atoms with van der Waals surface area (Å²) < 4.78 is 6.94. The fourth-order valence-corrected chi connectivity index (χ4v) is 4.65. The van der Waals surface area contributed by atoms with Crippen molar-refractivity contribution in [1.29, 1.82) is 0 Å². The normalized spacial score (nSPS) is 11.1. The fourth-order valence-electron chi connectivity index (χ4n) is 3.50. The molecule has 0 saturated heterocycles. The molecule has 34 heavy (non-hydrogen) atoms. The molecule has 5 aromatic rings. The zero-order valence-electron chi connectivity index (χ0n) is 18.0. The maximum Gasteiger partial charge on any atom is 0.262 e. The zero-order valence-corrected chi connectivity index (χ0v) is 20.4. The van der Waals surface area contributed by atoms with Gasteiger partial charge in [0.25, 0.3) is 5.91 Å². The van der Waals surface area contributed by atoms with E-state index in [-0.39, 0.29) is 5.91 Å². The Morgan fingerprint density at radius 3 is 2.62 bits per heavy atom. The molecule has 0 bridgehead atoms. The molecular formula is C24H17Cl2N5O2S. The van der Waals surface area contributed by atoms with Crippen LogP contribution in [0, 0.1) is 13.8 Å². The number of halogens is 2. The summed E-state index contributed by atoms with van der Waals surface area (Å²) in [4.78, 5) is 18.0. The largest absolute Gasteiger partial charge is 0.360 e. The van der Waals surface area contributed by atoms with Crippen molar-refractivity contribution in [2.45, 2.75) is 13.8 Å². The second kappa shape index (κ2) is 9.06. The smallest absolute Gasteiger partial charge is 0.262 e. The van der Waals surface area contributed by atoms with Gasteiger partial charge in [-0.3, -0.25) is 4.79 Å². The lowest BCUT2D eigenvalue weighted by molar-refractivity contribution is 0.102. The van der Waals surface area contributed by atoms with Crippen molar-refractivity contribution in [3.8, 4) is 27.6 Å². The molecule has 0 saturated carbocycles. The first kappa shape index (κ1) is 22.3. The molecule has 170 valence electrons. The van der Waals surface area contributed by atoms with E-state index < -0.39 is 0 Å². The van der Waals surface area contributed by atoms with Crippen molar-refractivity contribution in [3.05, 3.63) is 87.0 Å². The summed E-state index contributed by atoms with van der Waals surface area (Å²) in [6.45, 7) is 3.53. The quantitative estimate of drug-likeness (QED) is 0.280. The van der Waals surface area contributed by atoms with Crippen molar-refractivity contribution in [1.82, 2.24) is 19.9 Å². The van der Waals surface area contributed by atoms with Crippen LogP contribution in [0.3, 0.4) is 0 Å². The van der Waals surface area contributed by atoms with Crippen LogP contribution in [0.25, 0.3) is 27.6 Å². The van der Waals surface area contributed by atoms with Crippen LogP contribution in [-0.2, 0) is 0 Å². The van der Waals surface area contributed by atoms with Gasteiger partial charge in [0.15, 0.2) is 0 Å². The van der Waals surface area contributed by atoms with E-state index in [0.717, 1.165) is 17.0 Å². The lowest BCUT2D eigenvalue weighted by atomic mass is 10.1. The molecule has 3 heterocycles. The number of thiazole rings is 1. The average Bonchev–Trinajstić information content (AvgIpc) is 3.53. The topological polar surface area (TPSA) is 85.8 Å². The monoisotopic (exact) mass is 509 g/mol. The molecule has 0 aliphatic rings. The number of rotatable bonds is 5. The van der Waals surface area contributed by atoms with Gasteiger partial charge in [-0.15, -0.1) is 11.3 Å². The molecule has 1 N–H and O–H groups in total. The first-order valence-electron chi connectivity index (χ1n) is 10.2. The van der Waals surface area contributed by atoms with E-state index in [9.17, 15) is 4.79 Å². The Morgan fingerprint density at radius 1 is 1.09 bits per heavy atom. The van der Waals surface area contributed by atoms with E-state index in [0.29, 0.717) is 43.6 Å². The van der Waals surface area contributed by atoms with Crippen LogP contribution in [0.15, 0.2) is 64.5 Å². The maximum atomic E-state index is 13.3. The second-order valence-corrected chi connectivity index (χ2v) is 9.18. The van der Waals surface area contributed by atoms with Gasteiger partial charge in [0.2, 0.25) is 5.13 Å². The van der Waals surface area contributed by atoms with Gasteiger partial charge in [0, 0.05) is 27.6 Å². The number of hydrogen-bond acceptors (Lipinski definition) is 6. The van der Waals surface area contributed by atoms with Gasteiger partial charge < -0.3 is 9.84 Å². The van der Waals surface area contributed by atoms with Crippen molar-refractivity contribution < 1.29 is 9.32 Å². The molecule has 0 spiro atoms. The molecular weight excluding hydrogens is 493 g/mol. The number of carbonyl (C=O) groups excluding carboxylic acids is 1. The highest BCUT2D eigenvalue weighted by atomic mass is 35.5. The highest BCUT2D eigenvalue weighted by molar-refractivity contribution is 7.12. The van der Waals surface area contributed by atoms with Crippen molar-refractivity contribution in [3.63, 3.8) is 0 Å². The number of carbonyl (C=O) groups is 1. The first-order chi connectivity index (χ1) is 16.4. The summed E-state index contributed by atoms with van der Waals surface area (Å²) in [7, 11) is 0. The van der Waals surface area contributed by atoms with Crippen LogP contribution in [0.4, 0.5) is 5.82 Å². The van der Waals surface area contributed by atoms with E-state index in [1.54, 1.807) is 29.8 Å². The number of hydrogen-bond donors (Lipinski definition) is 1. The fraction of sp³-hybridized carbons (Fsp3) is 0.0833. The lowest BCUT2D eigenvalue weighted by Gasteiger charge is -2.08. The molecule has 0 aliphatic heterocycles. The van der Waals surface area contributed by atoms with Crippen LogP contribution in [0.2, 0.25) is 10.0 Å². The Bertz CT molecular complexity index is 1500. The van der Waals surface area contributed by atoms with Crippen LogP contribution in [0.1, 0.15) is 21.8 Å². The number of aryl methyl sites for hydroxylation is 2. The first-order valence-corrected chi connectivity index (χ1v) is 11.9. The molecule has 1 amide bonds. The average molecular weight is 510 g/mol. The molecule has 10 heteroatoms. The molecule has 0 aliphatic carbocycles. The minimum absolute atomic E-state index is 0.305.